The minimum absolute atomic E-state index is 0.0733. The SMILES string of the molecule is CCNC(=NCc1ncnn1C)NCCc1c(F)cccc1F. The van der Waals surface area contributed by atoms with Crippen molar-refractivity contribution in [2.75, 3.05) is 13.1 Å². The lowest BCUT2D eigenvalue weighted by molar-refractivity contribution is 0.553. The number of aryl methyl sites for hydroxylation is 1. The number of nitrogens with zero attached hydrogens (tertiary/aromatic N) is 4. The maximum absolute atomic E-state index is 13.6. The monoisotopic (exact) mass is 322 g/mol. The van der Waals surface area contributed by atoms with E-state index in [-0.39, 0.29) is 12.0 Å². The van der Waals surface area contributed by atoms with E-state index in [1.807, 2.05) is 6.92 Å². The van der Waals surface area contributed by atoms with Crippen LogP contribution in [0.4, 0.5) is 8.78 Å². The molecule has 2 rings (SSSR count). The third kappa shape index (κ3) is 4.73. The van der Waals surface area contributed by atoms with Crippen LogP contribution in [0, 0.1) is 11.6 Å². The molecule has 0 bridgehead atoms. The Balaban J connectivity index is 1.93. The van der Waals surface area contributed by atoms with Crippen LogP contribution in [0.2, 0.25) is 0 Å². The molecule has 0 aliphatic heterocycles. The van der Waals surface area contributed by atoms with Gasteiger partial charge in [-0.15, -0.1) is 0 Å². The molecule has 124 valence electrons. The Morgan fingerprint density at radius 1 is 1.26 bits per heavy atom. The fourth-order valence-corrected chi connectivity index (χ4v) is 2.03. The average Bonchev–Trinajstić information content (AvgIpc) is 2.93. The van der Waals surface area contributed by atoms with Gasteiger partial charge in [-0.05, 0) is 25.5 Å². The number of guanidine groups is 1. The predicted molar refractivity (Wildman–Crippen MR) is 83.9 cm³/mol. The zero-order valence-corrected chi connectivity index (χ0v) is 13.2. The lowest BCUT2D eigenvalue weighted by Gasteiger charge is -2.11. The second-order valence-electron chi connectivity index (χ2n) is 4.87. The molecular weight excluding hydrogens is 302 g/mol. The van der Waals surface area contributed by atoms with Crippen molar-refractivity contribution < 1.29 is 8.78 Å². The molecule has 1 aromatic heterocycles. The first-order valence-corrected chi connectivity index (χ1v) is 7.39. The molecule has 23 heavy (non-hydrogen) atoms. The van der Waals surface area contributed by atoms with Crippen LogP contribution >= 0.6 is 0 Å². The minimum Gasteiger partial charge on any atom is -0.357 e. The highest BCUT2D eigenvalue weighted by Crippen LogP contribution is 2.11. The van der Waals surface area contributed by atoms with Gasteiger partial charge in [0.15, 0.2) is 5.96 Å². The van der Waals surface area contributed by atoms with Gasteiger partial charge in [0, 0.05) is 25.7 Å². The Kier molecular flexibility index (Phi) is 6.02. The maximum Gasteiger partial charge on any atom is 0.191 e. The highest BCUT2D eigenvalue weighted by atomic mass is 19.1. The summed E-state index contributed by atoms with van der Waals surface area (Å²) in [6.07, 6.45) is 1.69. The number of aromatic nitrogens is 3. The van der Waals surface area contributed by atoms with Gasteiger partial charge in [0.05, 0.1) is 0 Å². The van der Waals surface area contributed by atoms with E-state index in [4.69, 9.17) is 0 Å². The van der Waals surface area contributed by atoms with Crippen molar-refractivity contribution in [1.29, 1.82) is 0 Å². The van der Waals surface area contributed by atoms with Crippen LogP contribution in [-0.4, -0.2) is 33.8 Å². The Hall–Kier alpha value is -2.51. The molecule has 1 heterocycles. The van der Waals surface area contributed by atoms with Crippen molar-refractivity contribution in [2.45, 2.75) is 19.9 Å². The van der Waals surface area contributed by atoms with Crippen molar-refractivity contribution in [3.63, 3.8) is 0 Å². The molecule has 0 spiro atoms. The smallest absolute Gasteiger partial charge is 0.191 e. The lowest BCUT2D eigenvalue weighted by Crippen LogP contribution is -2.38. The van der Waals surface area contributed by atoms with E-state index < -0.39 is 11.6 Å². The van der Waals surface area contributed by atoms with E-state index >= 15 is 0 Å². The van der Waals surface area contributed by atoms with Crippen LogP contribution in [-0.2, 0) is 20.0 Å². The summed E-state index contributed by atoms with van der Waals surface area (Å²) >= 11 is 0. The molecule has 8 heteroatoms. The van der Waals surface area contributed by atoms with Gasteiger partial charge < -0.3 is 10.6 Å². The molecule has 0 saturated carbocycles. The summed E-state index contributed by atoms with van der Waals surface area (Å²) < 4.78 is 28.8. The van der Waals surface area contributed by atoms with E-state index in [0.29, 0.717) is 25.6 Å². The Labute approximate surface area is 133 Å². The first kappa shape index (κ1) is 16.9. The van der Waals surface area contributed by atoms with Gasteiger partial charge in [-0.3, -0.25) is 4.68 Å². The van der Waals surface area contributed by atoms with Crippen molar-refractivity contribution in [1.82, 2.24) is 25.4 Å². The molecule has 2 aromatic rings. The molecular formula is C15H20F2N6. The molecule has 0 amide bonds. The molecule has 0 aliphatic carbocycles. The van der Waals surface area contributed by atoms with Crippen LogP contribution in [0.15, 0.2) is 29.5 Å². The van der Waals surface area contributed by atoms with Gasteiger partial charge in [0.25, 0.3) is 0 Å². The highest BCUT2D eigenvalue weighted by Gasteiger charge is 2.08. The maximum atomic E-state index is 13.6. The summed E-state index contributed by atoms with van der Waals surface area (Å²) in [5.41, 5.74) is 0.0733. The van der Waals surface area contributed by atoms with Crippen LogP contribution in [0.5, 0.6) is 0 Å². The van der Waals surface area contributed by atoms with E-state index in [9.17, 15) is 8.78 Å². The first-order valence-electron chi connectivity index (χ1n) is 7.39. The summed E-state index contributed by atoms with van der Waals surface area (Å²) in [6.45, 7) is 3.34. The van der Waals surface area contributed by atoms with E-state index in [1.165, 1.54) is 24.5 Å². The summed E-state index contributed by atoms with van der Waals surface area (Å²) in [6, 6.07) is 3.87. The number of hydrogen-bond donors (Lipinski definition) is 2. The molecule has 6 nitrogen and oxygen atoms in total. The standard InChI is InChI=1S/C15H20F2N6/c1-3-18-15(20-9-14-21-10-22-23(14)2)19-8-7-11-12(16)5-4-6-13(11)17/h4-6,10H,3,7-9H2,1-2H3,(H2,18,19,20). The number of benzene rings is 1. The van der Waals surface area contributed by atoms with Crippen molar-refractivity contribution in [2.24, 2.45) is 12.0 Å². The van der Waals surface area contributed by atoms with Crippen LogP contribution in [0.25, 0.3) is 0 Å². The molecule has 0 radical (unpaired) electrons. The molecule has 0 saturated heterocycles. The fraction of sp³-hybridized carbons (Fsp3) is 0.400. The van der Waals surface area contributed by atoms with Gasteiger partial charge in [-0.2, -0.15) is 5.10 Å². The van der Waals surface area contributed by atoms with Gasteiger partial charge in [0.2, 0.25) is 0 Å². The average molecular weight is 322 g/mol. The summed E-state index contributed by atoms with van der Waals surface area (Å²) in [5, 5.41) is 10.1. The van der Waals surface area contributed by atoms with Gasteiger partial charge in [-0.25, -0.2) is 18.8 Å². The van der Waals surface area contributed by atoms with Crippen LogP contribution in [0.1, 0.15) is 18.3 Å². The van der Waals surface area contributed by atoms with Crippen LogP contribution < -0.4 is 10.6 Å². The second kappa shape index (κ2) is 8.21. The van der Waals surface area contributed by atoms with Crippen molar-refractivity contribution in [3.8, 4) is 0 Å². The third-order valence-corrected chi connectivity index (χ3v) is 3.26. The quantitative estimate of drug-likeness (QED) is 0.623. The molecule has 0 unspecified atom stereocenters. The summed E-state index contributed by atoms with van der Waals surface area (Å²) in [4.78, 5) is 8.47. The van der Waals surface area contributed by atoms with Crippen molar-refractivity contribution >= 4 is 5.96 Å². The van der Waals surface area contributed by atoms with Gasteiger partial charge >= 0.3 is 0 Å². The number of aliphatic imine (C=N–C) groups is 1. The molecule has 1 aromatic carbocycles. The molecule has 2 N–H and O–H groups in total. The number of halogens is 2. The minimum atomic E-state index is -0.534. The van der Waals surface area contributed by atoms with Gasteiger partial charge in [-0.1, -0.05) is 6.07 Å². The zero-order valence-electron chi connectivity index (χ0n) is 13.2. The van der Waals surface area contributed by atoms with Gasteiger partial charge in [0.1, 0.15) is 30.3 Å². The third-order valence-electron chi connectivity index (χ3n) is 3.26. The lowest BCUT2D eigenvalue weighted by atomic mass is 10.1. The highest BCUT2D eigenvalue weighted by molar-refractivity contribution is 5.79. The molecule has 0 fully saturated rings. The topological polar surface area (TPSA) is 67.1 Å². The van der Waals surface area contributed by atoms with E-state index in [0.717, 1.165) is 5.82 Å². The summed E-state index contributed by atoms with van der Waals surface area (Å²) in [5.74, 6) is 0.218. The normalized spacial score (nSPS) is 11.6. The summed E-state index contributed by atoms with van der Waals surface area (Å²) in [7, 11) is 1.79. The molecule has 0 aliphatic rings. The largest absolute Gasteiger partial charge is 0.357 e. The predicted octanol–water partition coefficient (Wildman–Crippen LogP) is 1.39. The van der Waals surface area contributed by atoms with Crippen molar-refractivity contribution in [3.05, 3.63) is 47.5 Å². The Bertz CT molecular complexity index is 647. The number of hydrogen-bond acceptors (Lipinski definition) is 3. The number of rotatable bonds is 6. The Morgan fingerprint density at radius 3 is 2.61 bits per heavy atom. The molecule has 0 atom stereocenters. The fourth-order valence-electron chi connectivity index (χ4n) is 2.03. The first-order chi connectivity index (χ1) is 11.1. The number of nitrogens with one attached hydrogen (secondary N) is 2. The van der Waals surface area contributed by atoms with Crippen LogP contribution in [0.3, 0.4) is 0 Å². The van der Waals surface area contributed by atoms with E-state index in [1.54, 1.807) is 11.7 Å². The Morgan fingerprint density at radius 2 is 2.00 bits per heavy atom. The second-order valence-corrected chi connectivity index (χ2v) is 4.87. The van der Waals surface area contributed by atoms with E-state index in [2.05, 4.69) is 25.7 Å². The zero-order chi connectivity index (χ0) is 16.7.